The molecule has 6 nitrogen and oxygen atoms in total. The summed E-state index contributed by atoms with van der Waals surface area (Å²) in [6.07, 6.45) is 0.181. The fourth-order valence-electron chi connectivity index (χ4n) is 3.09. The number of carbonyl (C=O) groups is 3. The van der Waals surface area contributed by atoms with Gasteiger partial charge < -0.3 is 15.3 Å². The third-order valence-corrected chi connectivity index (χ3v) is 5.34. The molecule has 25 heavy (non-hydrogen) atoms. The molecule has 7 heteroatoms. The van der Waals surface area contributed by atoms with Gasteiger partial charge in [0.2, 0.25) is 11.8 Å². The van der Waals surface area contributed by atoms with Crippen molar-refractivity contribution in [1.82, 2.24) is 10.2 Å². The molecule has 3 rings (SSSR count). The first-order valence-electron chi connectivity index (χ1n) is 7.86. The SMILES string of the molecule is CN1C(=O)C[C@@H](C(=O)NCc2cccc(C(=O)O)c2)[C@@H]1c1cccs1. The number of hydrogen-bond donors (Lipinski definition) is 2. The minimum absolute atomic E-state index is 0.0496. The van der Waals surface area contributed by atoms with Crippen LogP contribution >= 0.6 is 11.3 Å². The van der Waals surface area contributed by atoms with Gasteiger partial charge in [0.25, 0.3) is 0 Å². The summed E-state index contributed by atoms with van der Waals surface area (Å²) in [5, 5.41) is 13.8. The highest BCUT2D eigenvalue weighted by molar-refractivity contribution is 7.10. The topological polar surface area (TPSA) is 86.7 Å². The Labute approximate surface area is 149 Å². The number of amides is 2. The van der Waals surface area contributed by atoms with Crippen molar-refractivity contribution in [2.45, 2.75) is 19.0 Å². The van der Waals surface area contributed by atoms with Gasteiger partial charge in [0.1, 0.15) is 0 Å². The Morgan fingerprint density at radius 2 is 2.12 bits per heavy atom. The lowest BCUT2D eigenvalue weighted by Crippen LogP contribution is -2.34. The van der Waals surface area contributed by atoms with Crippen molar-refractivity contribution in [3.63, 3.8) is 0 Å². The average molecular weight is 358 g/mol. The molecule has 2 N–H and O–H groups in total. The molecular formula is C18H18N2O4S. The molecule has 1 aliphatic rings. The highest BCUT2D eigenvalue weighted by Gasteiger charge is 2.43. The Balaban J connectivity index is 1.71. The lowest BCUT2D eigenvalue weighted by Gasteiger charge is -2.23. The molecular weight excluding hydrogens is 340 g/mol. The zero-order chi connectivity index (χ0) is 18.0. The second-order valence-electron chi connectivity index (χ2n) is 6.00. The van der Waals surface area contributed by atoms with Crippen LogP contribution in [0.25, 0.3) is 0 Å². The maximum atomic E-state index is 12.6. The standard InChI is InChI=1S/C18H18N2O4S/c1-20-15(21)9-13(16(20)14-6-3-7-25-14)17(22)19-10-11-4-2-5-12(8-11)18(23)24/h2-8,13,16H,9-10H2,1H3,(H,19,22)(H,23,24)/t13-,16-/m1/s1. The number of thiophene rings is 1. The molecule has 0 unspecified atom stereocenters. The predicted molar refractivity (Wildman–Crippen MR) is 93.2 cm³/mol. The molecule has 1 aromatic heterocycles. The second kappa shape index (κ2) is 7.06. The molecule has 1 fully saturated rings. The van der Waals surface area contributed by atoms with Gasteiger partial charge in [0, 0.05) is 24.9 Å². The zero-order valence-electron chi connectivity index (χ0n) is 13.6. The molecule has 130 valence electrons. The number of carbonyl (C=O) groups excluding carboxylic acids is 2. The number of carboxylic acid groups (broad SMARTS) is 1. The fourth-order valence-corrected chi connectivity index (χ4v) is 4.02. The van der Waals surface area contributed by atoms with E-state index in [1.54, 1.807) is 24.1 Å². The van der Waals surface area contributed by atoms with Gasteiger partial charge in [-0.25, -0.2) is 4.79 Å². The van der Waals surface area contributed by atoms with E-state index in [0.717, 1.165) is 4.88 Å². The maximum Gasteiger partial charge on any atom is 0.335 e. The number of nitrogens with zero attached hydrogens (tertiary/aromatic N) is 1. The van der Waals surface area contributed by atoms with Crippen LogP contribution in [0.1, 0.15) is 33.3 Å². The third-order valence-electron chi connectivity index (χ3n) is 4.40. The predicted octanol–water partition coefficient (Wildman–Crippen LogP) is 2.28. The van der Waals surface area contributed by atoms with Crippen molar-refractivity contribution >= 4 is 29.1 Å². The minimum atomic E-state index is -1.01. The molecule has 1 aromatic carbocycles. The van der Waals surface area contributed by atoms with Crippen LogP contribution in [0, 0.1) is 5.92 Å². The van der Waals surface area contributed by atoms with E-state index in [2.05, 4.69) is 5.32 Å². The second-order valence-corrected chi connectivity index (χ2v) is 6.98. The summed E-state index contributed by atoms with van der Waals surface area (Å²) in [6.45, 7) is 0.228. The van der Waals surface area contributed by atoms with Gasteiger partial charge in [-0.15, -0.1) is 11.3 Å². The van der Waals surface area contributed by atoms with Crippen molar-refractivity contribution in [3.05, 3.63) is 57.8 Å². The van der Waals surface area contributed by atoms with Crippen LogP contribution in [0.5, 0.6) is 0 Å². The monoisotopic (exact) mass is 358 g/mol. The molecule has 0 saturated carbocycles. The summed E-state index contributed by atoms with van der Waals surface area (Å²) in [5.74, 6) is -1.70. The molecule has 1 aliphatic heterocycles. The molecule has 0 radical (unpaired) electrons. The quantitative estimate of drug-likeness (QED) is 0.858. The van der Waals surface area contributed by atoms with Crippen LogP contribution in [-0.2, 0) is 16.1 Å². The van der Waals surface area contributed by atoms with Gasteiger partial charge in [-0.3, -0.25) is 9.59 Å². The first kappa shape index (κ1) is 17.2. The Morgan fingerprint density at radius 1 is 1.32 bits per heavy atom. The van der Waals surface area contributed by atoms with Crippen molar-refractivity contribution in [2.24, 2.45) is 5.92 Å². The Morgan fingerprint density at radius 3 is 2.80 bits per heavy atom. The normalized spacial score (nSPS) is 19.9. The zero-order valence-corrected chi connectivity index (χ0v) is 14.5. The van der Waals surface area contributed by atoms with Crippen molar-refractivity contribution < 1.29 is 19.5 Å². The molecule has 1 saturated heterocycles. The molecule has 0 bridgehead atoms. The number of benzene rings is 1. The van der Waals surface area contributed by atoms with Crippen LogP contribution in [0.2, 0.25) is 0 Å². The number of hydrogen-bond acceptors (Lipinski definition) is 4. The summed E-state index contributed by atoms with van der Waals surface area (Å²) in [6, 6.07) is 10.0. The summed E-state index contributed by atoms with van der Waals surface area (Å²) >= 11 is 1.53. The van der Waals surface area contributed by atoms with E-state index < -0.39 is 11.9 Å². The van der Waals surface area contributed by atoms with Crippen molar-refractivity contribution in [1.29, 1.82) is 0 Å². The summed E-state index contributed by atoms with van der Waals surface area (Å²) in [5.41, 5.74) is 0.887. The molecule has 2 aromatic rings. The van der Waals surface area contributed by atoms with Crippen LogP contribution in [-0.4, -0.2) is 34.8 Å². The van der Waals surface area contributed by atoms with E-state index in [1.165, 1.54) is 23.5 Å². The van der Waals surface area contributed by atoms with E-state index >= 15 is 0 Å². The van der Waals surface area contributed by atoms with Crippen LogP contribution < -0.4 is 5.32 Å². The third kappa shape index (κ3) is 3.56. The van der Waals surface area contributed by atoms with E-state index in [9.17, 15) is 14.4 Å². The first-order chi connectivity index (χ1) is 12.0. The first-order valence-corrected chi connectivity index (χ1v) is 8.74. The highest BCUT2D eigenvalue weighted by Crippen LogP contribution is 2.39. The summed E-state index contributed by atoms with van der Waals surface area (Å²) in [4.78, 5) is 38.3. The van der Waals surface area contributed by atoms with Crippen LogP contribution in [0.3, 0.4) is 0 Å². The van der Waals surface area contributed by atoms with Crippen LogP contribution in [0.4, 0.5) is 0 Å². The number of nitrogens with one attached hydrogen (secondary N) is 1. The Hall–Kier alpha value is -2.67. The lowest BCUT2D eigenvalue weighted by molar-refractivity contribution is -0.128. The van der Waals surface area contributed by atoms with Gasteiger partial charge in [-0.05, 0) is 29.1 Å². The van der Waals surface area contributed by atoms with E-state index in [-0.39, 0.29) is 36.4 Å². The Kier molecular flexibility index (Phi) is 4.85. The fraction of sp³-hybridized carbons (Fsp3) is 0.278. The summed E-state index contributed by atoms with van der Waals surface area (Å²) < 4.78 is 0. The summed E-state index contributed by atoms with van der Waals surface area (Å²) in [7, 11) is 1.72. The van der Waals surface area contributed by atoms with Gasteiger partial charge >= 0.3 is 5.97 Å². The smallest absolute Gasteiger partial charge is 0.335 e. The lowest BCUT2D eigenvalue weighted by atomic mass is 9.97. The molecule has 2 atom stereocenters. The largest absolute Gasteiger partial charge is 0.478 e. The van der Waals surface area contributed by atoms with E-state index in [1.807, 2.05) is 17.5 Å². The number of aromatic carboxylic acids is 1. The molecule has 2 amide bonds. The van der Waals surface area contributed by atoms with E-state index in [0.29, 0.717) is 5.56 Å². The highest BCUT2D eigenvalue weighted by atomic mass is 32.1. The minimum Gasteiger partial charge on any atom is -0.478 e. The van der Waals surface area contributed by atoms with E-state index in [4.69, 9.17) is 5.11 Å². The van der Waals surface area contributed by atoms with Gasteiger partial charge in [-0.2, -0.15) is 0 Å². The maximum absolute atomic E-state index is 12.6. The van der Waals surface area contributed by atoms with Gasteiger partial charge in [-0.1, -0.05) is 18.2 Å². The van der Waals surface area contributed by atoms with Crippen molar-refractivity contribution in [3.8, 4) is 0 Å². The number of rotatable bonds is 5. The molecule has 2 heterocycles. The van der Waals surface area contributed by atoms with Crippen LogP contribution in [0.15, 0.2) is 41.8 Å². The molecule has 0 spiro atoms. The number of likely N-dealkylation sites (tertiary alicyclic amines) is 1. The average Bonchev–Trinajstić information content (AvgIpc) is 3.22. The van der Waals surface area contributed by atoms with Gasteiger partial charge in [0.05, 0.1) is 17.5 Å². The Bertz CT molecular complexity index is 803. The van der Waals surface area contributed by atoms with Gasteiger partial charge in [0.15, 0.2) is 0 Å². The number of carboxylic acids is 1. The van der Waals surface area contributed by atoms with Crippen molar-refractivity contribution in [2.75, 3.05) is 7.05 Å². The molecule has 0 aliphatic carbocycles.